The van der Waals surface area contributed by atoms with Crippen molar-refractivity contribution < 1.29 is 9.53 Å². The Balaban J connectivity index is 2.15. The summed E-state index contributed by atoms with van der Waals surface area (Å²) >= 11 is 3.36. The van der Waals surface area contributed by atoms with E-state index in [4.69, 9.17) is 10.00 Å². The van der Waals surface area contributed by atoms with Gasteiger partial charge < -0.3 is 4.74 Å². The van der Waals surface area contributed by atoms with E-state index in [9.17, 15) is 4.79 Å². The summed E-state index contributed by atoms with van der Waals surface area (Å²) in [6.07, 6.45) is 3.23. The van der Waals surface area contributed by atoms with E-state index in [1.54, 1.807) is 55.7 Å². The average Bonchev–Trinajstić information content (AvgIpc) is 2.53. The second-order valence-corrected chi connectivity index (χ2v) is 5.14. The molecule has 0 radical (unpaired) electrons. The number of nitriles is 1. The first-order valence-corrected chi connectivity index (χ1v) is 6.99. The highest BCUT2D eigenvalue weighted by Crippen LogP contribution is 2.25. The molecule has 0 aromatic heterocycles. The molecule has 0 saturated heterocycles. The van der Waals surface area contributed by atoms with Gasteiger partial charge in [-0.2, -0.15) is 5.26 Å². The van der Waals surface area contributed by atoms with E-state index < -0.39 is 0 Å². The van der Waals surface area contributed by atoms with Gasteiger partial charge in [0.15, 0.2) is 5.78 Å². The van der Waals surface area contributed by atoms with Gasteiger partial charge in [-0.1, -0.05) is 18.2 Å². The smallest absolute Gasteiger partial charge is 0.185 e. The van der Waals surface area contributed by atoms with Gasteiger partial charge in [0.1, 0.15) is 5.75 Å². The third kappa shape index (κ3) is 3.80. The molecule has 0 aliphatic carbocycles. The van der Waals surface area contributed by atoms with Crippen LogP contribution in [0.3, 0.4) is 0 Å². The fourth-order valence-electron chi connectivity index (χ4n) is 1.76. The van der Waals surface area contributed by atoms with Crippen LogP contribution in [0, 0.1) is 11.3 Å². The van der Waals surface area contributed by atoms with Gasteiger partial charge in [0.25, 0.3) is 0 Å². The quantitative estimate of drug-likeness (QED) is 0.617. The van der Waals surface area contributed by atoms with Crippen LogP contribution >= 0.6 is 15.9 Å². The van der Waals surface area contributed by atoms with Crippen molar-refractivity contribution in [3.05, 3.63) is 69.7 Å². The summed E-state index contributed by atoms with van der Waals surface area (Å²) in [4.78, 5) is 12.1. The first-order valence-electron chi connectivity index (χ1n) is 6.20. The first-order chi connectivity index (χ1) is 10.1. The number of halogens is 1. The molecule has 2 aromatic rings. The van der Waals surface area contributed by atoms with E-state index >= 15 is 0 Å². The fraction of sp³-hybridized carbons (Fsp3) is 0.0588. The van der Waals surface area contributed by atoms with Crippen LogP contribution in [0.4, 0.5) is 0 Å². The lowest BCUT2D eigenvalue weighted by atomic mass is 10.1. The molecule has 21 heavy (non-hydrogen) atoms. The Hall–Kier alpha value is -2.38. The predicted octanol–water partition coefficient (Wildman–Crippen LogP) is 4.23. The zero-order chi connectivity index (χ0) is 15.2. The van der Waals surface area contributed by atoms with E-state index in [0.29, 0.717) is 16.9 Å². The van der Waals surface area contributed by atoms with Gasteiger partial charge in [-0.05, 0) is 57.9 Å². The van der Waals surface area contributed by atoms with Crippen LogP contribution in [-0.4, -0.2) is 12.9 Å². The summed E-state index contributed by atoms with van der Waals surface area (Å²) in [5, 5.41) is 8.73. The maximum atomic E-state index is 12.1. The van der Waals surface area contributed by atoms with Crippen LogP contribution in [0.15, 0.2) is 53.0 Å². The molecule has 4 heteroatoms. The van der Waals surface area contributed by atoms with Crippen molar-refractivity contribution in [2.24, 2.45) is 0 Å². The zero-order valence-corrected chi connectivity index (χ0v) is 12.9. The van der Waals surface area contributed by atoms with E-state index in [0.717, 1.165) is 10.0 Å². The zero-order valence-electron chi connectivity index (χ0n) is 11.3. The largest absolute Gasteiger partial charge is 0.496 e. The first kappa shape index (κ1) is 15.0. The number of ketones is 1. The molecular weight excluding hydrogens is 330 g/mol. The lowest BCUT2D eigenvalue weighted by molar-refractivity contribution is 0.104. The number of hydrogen-bond acceptors (Lipinski definition) is 3. The standard InChI is InChI=1S/C17H12BrNO2/c1-21-17-9-7-14(10-15(17)18)16(20)8-6-12-2-4-13(11-19)5-3-12/h2-10H,1H3/b8-6+. The molecule has 0 unspecified atom stereocenters. The second kappa shape index (κ2) is 6.87. The van der Waals surface area contributed by atoms with Crippen molar-refractivity contribution >= 4 is 27.8 Å². The number of benzene rings is 2. The molecule has 0 atom stereocenters. The number of allylic oxidation sites excluding steroid dienone is 1. The molecule has 0 spiro atoms. The van der Waals surface area contributed by atoms with Gasteiger partial charge in [-0.25, -0.2) is 0 Å². The summed E-state index contributed by atoms with van der Waals surface area (Å²) in [6.45, 7) is 0. The summed E-state index contributed by atoms with van der Waals surface area (Å²) in [5.74, 6) is 0.588. The molecule has 0 aliphatic heterocycles. The van der Waals surface area contributed by atoms with Crippen LogP contribution in [-0.2, 0) is 0 Å². The highest BCUT2D eigenvalue weighted by Gasteiger charge is 2.06. The maximum Gasteiger partial charge on any atom is 0.185 e. The number of rotatable bonds is 4. The van der Waals surface area contributed by atoms with Crippen LogP contribution < -0.4 is 4.74 Å². The minimum Gasteiger partial charge on any atom is -0.496 e. The Morgan fingerprint density at radius 2 is 1.95 bits per heavy atom. The molecule has 2 aromatic carbocycles. The normalized spacial score (nSPS) is 10.3. The predicted molar refractivity (Wildman–Crippen MR) is 85.2 cm³/mol. The SMILES string of the molecule is COc1ccc(C(=O)/C=C/c2ccc(C#N)cc2)cc1Br. The van der Waals surface area contributed by atoms with Crippen molar-refractivity contribution in [2.45, 2.75) is 0 Å². The number of carbonyl (C=O) groups excluding carboxylic acids is 1. The third-order valence-electron chi connectivity index (χ3n) is 2.90. The molecule has 0 bridgehead atoms. The Morgan fingerprint density at radius 3 is 2.52 bits per heavy atom. The van der Waals surface area contributed by atoms with Gasteiger partial charge in [0.05, 0.1) is 23.2 Å². The molecule has 0 aliphatic rings. The molecule has 0 fully saturated rings. The number of methoxy groups -OCH3 is 1. The summed E-state index contributed by atoms with van der Waals surface area (Å²) in [6, 6.07) is 14.3. The van der Waals surface area contributed by atoms with Crippen molar-refractivity contribution in [1.82, 2.24) is 0 Å². The van der Waals surface area contributed by atoms with Crippen molar-refractivity contribution in [3.8, 4) is 11.8 Å². The van der Waals surface area contributed by atoms with Gasteiger partial charge in [0, 0.05) is 5.56 Å². The van der Waals surface area contributed by atoms with Crippen LogP contribution in [0.25, 0.3) is 6.08 Å². The fourth-order valence-corrected chi connectivity index (χ4v) is 2.30. The van der Waals surface area contributed by atoms with Gasteiger partial charge >= 0.3 is 0 Å². The van der Waals surface area contributed by atoms with E-state index in [1.807, 2.05) is 0 Å². The number of nitrogens with zero attached hydrogens (tertiary/aromatic N) is 1. The van der Waals surface area contributed by atoms with Gasteiger partial charge in [-0.15, -0.1) is 0 Å². The molecule has 0 heterocycles. The van der Waals surface area contributed by atoms with Crippen molar-refractivity contribution in [1.29, 1.82) is 5.26 Å². The molecule has 3 nitrogen and oxygen atoms in total. The number of ether oxygens (including phenoxy) is 1. The Labute approximate surface area is 131 Å². The molecular formula is C17H12BrNO2. The lowest BCUT2D eigenvalue weighted by Gasteiger charge is -2.04. The third-order valence-corrected chi connectivity index (χ3v) is 3.52. The highest BCUT2D eigenvalue weighted by atomic mass is 79.9. The maximum absolute atomic E-state index is 12.1. The van der Waals surface area contributed by atoms with Gasteiger partial charge in [0.2, 0.25) is 0 Å². The lowest BCUT2D eigenvalue weighted by Crippen LogP contribution is -1.95. The molecule has 0 N–H and O–H groups in total. The molecule has 2 rings (SSSR count). The topological polar surface area (TPSA) is 50.1 Å². The summed E-state index contributed by atoms with van der Waals surface area (Å²) in [7, 11) is 1.58. The number of hydrogen-bond donors (Lipinski definition) is 0. The minimum absolute atomic E-state index is 0.0947. The van der Waals surface area contributed by atoms with Gasteiger partial charge in [-0.3, -0.25) is 4.79 Å². The minimum atomic E-state index is -0.0947. The Morgan fingerprint density at radius 1 is 1.24 bits per heavy atom. The van der Waals surface area contributed by atoms with Crippen LogP contribution in [0.1, 0.15) is 21.5 Å². The van der Waals surface area contributed by atoms with Crippen molar-refractivity contribution in [3.63, 3.8) is 0 Å². The van der Waals surface area contributed by atoms with E-state index in [2.05, 4.69) is 22.0 Å². The molecule has 0 amide bonds. The Kier molecular flexibility index (Phi) is 4.91. The molecule has 0 saturated carbocycles. The van der Waals surface area contributed by atoms with E-state index in [-0.39, 0.29) is 5.78 Å². The summed E-state index contributed by atoms with van der Waals surface area (Å²) in [5.41, 5.74) is 2.04. The molecule has 104 valence electrons. The highest BCUT2D eigenvalue weighted by molar-refractivity contribution is 9.10. The monoisotopic (exact) mass is 341 g/mol. The Bertz CT molecular complexity index is 727. The van der Waals surface area contributed by atoms with Crippen molar-refractivity contribution in [2.75, 3.05) is 7.11 Å². The second-order valence-electron chi connectivity index (χ2n) is 4.28. The van der Waals surface area contributed by atoms with E-state index in [1.165, 1.54) is 6.08 Å². The van der Waals surface area contributed by atoms with Crippen LogP contribution in [0.5, 0.6) is 5.75 Å². The average molecular weight is 342 g/mol. The van der Waals surface area contributed by atoms with Crippen LogP contribution in [0.2, 0.25) is 0 Å². The number of carbonyl (C=O) groups is 1. The summed E-state index contributed by atoms with van der Waals surface area (Å²) < 4.78 is 5.87.